The van der Waals surface area contributed by atoms with E-state index in [1.807, 2.05) is 4.90 Å². The van der Waals surface area contributed by atoms with Crippen LogP contribution in [0.15, 0.2) is 34.9 Å². The van der Waals surface area contributed by atoms with Crippen molar-refractivity contribution in [3.8, 4) is 0 Å². The number of amides is 1. The van der Waals surface area contributed by atoms with E-state index in [1.165, 1.54) is 18.4 Å². The summed E-state index contributed by atoms with van der Waals surface area (Å²) >= 11 is 5.74. The van der Waals surface area contributed by atoms with Gasteiger partial charge in [-0.1, -0.05) is 0 Å². The Hall–Kier alpha value is -2.01. The van der Waals surface area contributed by atoms with E-state index in [4.69, 9.17) is 16.0 Å². The highest BCUT2D eigenvalue weighted by atomic mass is 35.5. The lowest BCUT2D eigenvalue weighted by Crippen LogP contribution is -2.19. The van der Waals surface area contributed by atoms with Gasteiger partial charge >= 0.3 is 0 Å². The minimum Gasteiger partial charge on any atom is -0.452 e. The van der Waals surface area contributed by atoms with Crippen LogP contribution in [0.4, 0.5) is 15.8 Å². The molecule has 21 heavy (non-hydrogen) atoms. The van der Waals surface area contributed by atoms with Crippen LogP contribution in [-0.2, 0) is 0 Å². The molecule has 1 aliphatic heterocycles. The van der Waals surface area contributed by atoms with Gasteiger partial charge in [-0.2, -0.15) is 0 Å². The smallest absolute Gasteiger partial charge is 0.260 e. The molecule has 1 N–H and O–H groups in total. The molecule has 0 bridgehead atoms. The molecule has 0 unspecified atom stereocenters. The molecule has 110 valence electrons. The summed E-state index contributed by atoms with van der Waals surface area (Å²) in [6.45, 7) is 1.74. The largest absolute Gasteiger partial charge is 0.452 e. The van der Waals surface area contributed by atoms with E-state index in [1.54, 1.807) is 12.1 Å². The normalized spacial score (nSPS) is 14.5. The van der Waals surface area contributed by atoms with Gasteiger partial charge in [-0.15, -0.1) is 0 Å². The molecular formula is C15H14ClFN2O2. The number of hydrogen-bond donors (Lipinski definition) is 1. The average Bonchev–Trinajstić information content (AvgIpc) is 3.10. The van der Waals surface area contributed by atoms with Crippen molar-refractivity contribution in [2.75, 3.05) is 23.3 Å². The van der Waals surface area contributed by atoms with Crippen molar-refractivity contribution in [3.63, 3.8) is 0 Å². The van der Waals surface area contributed by atoms with Gasteiger partial charge in [0.2, 0.25) is 5.22 Å². The number of rotatable bonds is 3. The molecule has 0 aliphatic carbocycles. The molecule has 0 saturated carbocycles. The highest BCUT2D eigenvalue weighted by molar-refractivity contribution is 6.32. The summed E-state index contributed by atoms with van der Waals surface area (Å²) in [6.07, 6.45) is 3.49. The third-order valence-corrected chi connectivity index (χ3v) is 3.81. The predicted molar refractivity (Wildman–Crippen MR) is 79.5 cm³/mol. The van der Waals surface area contributed by atoms with Gasteiger partial charge in [-0.3, -0.25) is 4.79 Å². The van der Waals surface area contributed by atoms with E-state index in [2.05, 4.69) is 5.32 Å². The number of furan rings is 1. The first-order chi connectivity index (χ1) is 10.1. The molecule has 1 fully saturated rings. The maximum Gasteiger partial charge on any atom is 0.260 e. The molecule has 0 radical (unpaired) electrons. The lowest BCUT2D eigenvalue weighted by Gasteiger charge is -2.18. The Kier molecular flexibility index (Phi) is 3.84. The van der Waals surface area contributed by atoms with Crippen molar-refractivity contribution in [1.29, 1.82) is 0 Å². The number of carbonyl (C=O) groups excluding carboxylic acids is 1. The van der Waals surface area contributed by atoms with E-state index in [0.29, 0.717) is 11.4 Å². The van der Waals surface area contributed by atoms with Gasteiger partial charge in [-0.25, -0.2) is 4.39 Å². The Labute approximate surface area is 126 Å². The van der Waals surface area contributed by atoms with Gasteiger partial charge < -0.3 is 14.6 Å². The summed E-state index contributed by atoms with van der Waals surface area (Å²) in [5, 5.41) is 2.62. The van der Waals surface area contributed by atoms with Crippen LogP contribution in [0, 0.1) is 5.82 Å². The van der Waals surface area contributed by atoms with Crippen LogP contribution < -0.4 is 10.2 Å². The molecule has 0 spiro atoms. The first kappa shape index (κ1) is 13.9. The molecule has 1 aromatic heterocycles. The van der Waals surface area contributed by atoms with Crippen molar-refractivity contribution >= 4 is 28.9 Å². The fraction of sp³-hybridized carbons (Fsp3) is 0.267. The van der Waals surface area contributed by atoms with E-state index in [9.17, 15) is 9.18 Å². The number of nitrogens with zero attached hydrogens (tertiary/aromatic N) is 1. The third kappa shape index (κ3) is 2.88. The van der Waals surface area contributed by atoms with Gasteiger partial charge in [0.25, 0.3) is 5.91 Å². The molecule has 3 rings (SSSR count). The number of carbonyl (C=O) groups is 1. The Morgan fingerprint density at radius 3 is 2.67 bits per heavy atom. The number of nitrogens with one attached hydrogen (secondary N) is 1. The van der Waals surface area contributed by atoms with Crippen LogP contribution in [0.3, 0.4) is 0 Å². The minimum absolute atomic E-state index is 0.0154. The van der Waals surface area contributed by atoms with Crippen LogP contribution in [0.25, 0.3) is 0 Å². The molecule has 1 saturated heterocycles. The topological polar surface area (TPSA) is 45.5 Å². The van der Waals surface area contributed by atoms with Gasteiger partial charge in [0, 0.05) is 18.8 Å². The van der Waals surface area contributed by atoms with Gasteiger partial charge in [0.15, 0.2) is 0 Å². The standard InChI is InChI=1S/C15H14ClFN2O2/c16-14-11(5-8-21-14)15(20)18-10-3-4-13(12(17)9-10)19-6-1-2-7-19/h3-5,8-9H,1-2,6-7H2,(H,18,20). The number of benzene rings is 1. The van der Waals surface area contributed by atoms with Gasteiger partial charge in [0.05, 0.1) is 17.5 Å². The first-order valence-electron chi connectivity index (χ1n) is 6.74. The van der Waals surface area contributed by atoms with Crippen molar-refractivity contribution in [2.45, 2.75) is 12.8 Å². The predicted octanol–water partition coefficient (Wildman–Crippen LogP) is 3.92. The molecule has 1 amide bonds. The molecule has 4 nitrogen and oxygen atoms in total. The summed E-state index contributed by atoms with van der Waals surface area (Å²) in [6, 6.07) is 6.15. The third-order valence-electron chi connectivity index (χ3n) is 3.51. The number of hydrogen-bond acceptors (Lipinski definition) is 3. The van der Waals surface area contributed by atoms with Crippen LogP contribution in [0.5, 0.6) is 0 Å². The Balaban J connectivity index is 1.76. The van der Waals surface area contributed by atoms with E-state index in [-0.39, 0.29) is 16.6 Å². The number of halogens is 2. The highest BCUT2D eigenvalue weighted by Gasteiger charge is 2.17. The van der Waals surface area contributed by atoms with Crippen LogP contribution in [0.1, 0.15) is 23.2 Å². The second-order valence-electron chi connectivity index (χ2n) is 4.92. The zero-order valence-corrected chi connectivity index (χ0v) is 12.0. The molecule has 1 aliphatic rings. The molecule has 0 atom stereocenters. The van der Waals surface area contributed by atoms with Crippen molar-refractivity contribution in [2.24, 2.45) is 0 Å². The maximum absolute atomic E-state index is 14.1. The molecule has 1 aromatic carbocycles. The van der Waals surface area contributed by atoms with Crippen LogP contribution in [0.2, 0.25) is 5.22 Å². The zero-order valence-electron chi connectivity index (χ0n) is 11.2. The first-order valence-corrected chi connectivity index (χ1v) is 7.12. The van der Waals surface area contributed by atoms with E-state index in [0.717, 1.165) is 25.9 Å². The van der Waals surface area contributed by atoms with Crippen molar-refractivity contribution < 1.29 is 13.6 Å². The molecule has 2 heterocycles. The summed E-state index contributed by atoms with van der Waals surface area (Å²) in [7, 11) is 0. The lowest BCUT2D eigenvalue weighted by molar-refractivity contribution is 0.102. The lowest BCUT2D eigenvalue weighted by atomic mass is 10.2. The fourth-order valence-corrected chi connectivity index (χ4v) is 2.65. The van der Waals surface area contributed by atoms with E-state index >= 15 is 0 Å². The number of anilines is 2. The summed E-state index contributed by atoms with van der Waals surface area (Å²) in [4.78, 5) is 14.0. The quantitative estimate of drug-likeness (QED) is 0.934. The average molecular weight is 309 g/mol. The van der Waals surface area contributed by atoms with Crippen molar-refractivity contribution in [1.82, 2.24) is 0 Å². The Morgan fingerprint density at radius 2 is 2.05 bits per heavy atom. The Morgan fingerprint density at radius 1 is 1.29 bits per heavy atom. The summed E-state index contributed by atoms with van der Waals surface area (Å²) in [5.41, 5.74) is 1.19. The van der Waals surface area contributed by atoms with Crippen LogP contribution in [-0.4, -0.2) is 19.0 Å². The second kappa shape index (κ2) is 5.77. The molecular weight excluding hydrogens is 295 g/mol. The van der Waals surface area contributed by atoms with Gasteiger partial charge in [0.1, 0.15) is 5.82 Å². The summed E-state index contributed by atoms with van der Waals surface area (Å²) in [5.74, 6) is -0.768. The molecule has 2 aromatic rings. The zero-order chi connectivity index (χ0) is 14.8. The van der Waals surface area contributed by atoms with Gasteiger partial charge in [-0.05, 0) is 48.7 Å². The summed E-state index contributed by atoms with van der Waals surface area (Å²) < 4.78 is 19.0. The fourth-order valence-electron chi connectivity index (χ4n) is 2.45. The second-order valence-corrected chi connectivity index (χ2v) is 5.27. The maximum atomic E-state index is 14.1. The highest BCUT2D eigenvalue weighted by Crippen LogP contribution is 2.26. The minimum atomic E-state index is -0.429. The van der Waals surface area contributed by atoms with Crippen LogP contribution >= 0.6 is 11.6 Å². The van der Waals surface area contributed by atoms with E-state index < -0.39 is 5.91 Å². The SMILES string of the molecule is O=C(Nc1ccc(N2CCCC2)c(F)c1)c1ccoc1Cl. The van der Waals surface area contributed by atoms with Crippen molar-refractivity contribution in [3.05, 3.63) is 47.1 Å². The Bertz CT molecular complexity index is 665. The molecule has 6 heteroatoms. The monoisotopic (exact) mass is 308 g/mol.